The van der Waals surface area contributed by atoms with Gasteiger partial charge in [-0.2, -0.15) is 5.26 Å². The Balaban J connectivity index is 4.12. The van der Waals surface area contributed by atoms with Gasteiger partial charge in [0.1, 0.15) is 5.40 Å². The molecule has 0 rings (SSSR count). The highest BCUT2D eigenvalue weighted by atomic mass is 32.2. The third-order valence-electron chi connectivity index (χ3n) is 2.69. The number of rotatable bonds is 6. The predicted molar refractivity (Wildman–Crippen MR) is 60.6 cm³/mol. The van der Waals surface area contributed by atoms with E-state index in [2.05, 4.69) is 33.1 Å². The van der Waals surface area contributed by atoms with Gasteiger partial charge in [0.05, 0.1) is 0 Å². The fourth-order valence-corrected chi connectivity index (χ4v) is 2.38. The lowest BCUT2D eigenvalue weighted by atomic mass is 9.88. The van der Waals surface area contributed by atoms with E-state index < -0.39 is 0 Å². The Morgan fingerprint density at radius 2 is 2.00 bits per heavy atom. The standard InChI is InChI=1S/C11H21NS/c1-5-7-8-10(6-2)11(3,4)13-9-12/h10H,5-8H2,1-4H3. The molecule has 1 atom stereocenters. The molecular formula is C11H21NS. The van der Waals surface area contributed by atoms with Crippen molar-refractivity contribution in [3.05, 3.63) is 0 Å². The molecule has 0 amide bonds. The van der Waals surface area contributed by atoms with Crippen LogP contribution in [0.2, 0.25) is 0 Å². The van der Waals surface area contributed by atoms with Crippen molar-refractivity contribution in [1.29, 1.82) is 5.26 Å². The van der Waals surface area contributed by atoms with Gasteiger partial charge in [0, 0.05) is 4.75 Å². The molecule has 0 aliphatic rings. The van der Waals surface area contributed by atoms with Gasteiger partial charge in [0.25, 0.3) is 0 Å². The molecule has 0 aromatic heterocycles. The molecule has 2 heteroatoms. The topological polar surface area (TPSA) is 23.8 Å². The maximum absolute atomic E-state index is 8.68. The SMILES string of the molecule is CCCCC(CC)C(C)(C)SC#N. The van der Waals surface area contributed by atoms with Crippen LogP contribution in [0, 0.1) is 16.6 Å². The molecule has 1 nitrogen and oxygen atoms in total. The Kier molecular flexibility index (Phi) is 6.24. The molecule has 0 spiro atoms. The molecular weight excluding hydrogens is 178 g/mol. The van der Waals surface area contributed by atoms with Gasteiger partial charge in [0.2, 0.25) is 0 Å². The number of nitrogens with zero attached hydrogens (tertiary/aromatic N) is 1. The van der Waals surface area contributed by atoms with Crippen molar-refractivity contribution in [3.8, 4) is 5.40 Å². The summed E-state index contributed by atoms with van der Waals surface area (Å²) in [5.74, 6) is 0.678. The van der Waals surface area contributed by atoms with Crippen molar-refractivity contribution in [2.75, 3.05) is 0 Å². The van der Waals surface area contributed by atoms with Crippen LogP contribution in [0.25, 0.3) is 0 Å². The molecule has 0 aromatic rings. The van der Waals surface area contributed by atoms with E-state index in [9.17, 15) is 0 Å². The highest BCUT2D eigenvalue weighted by molar-refractivity contribution is 8.05. The van der Waals surface area contributed by atoms with Gasteiger partial charge in [-0.05, 0) is 37.9 Å². The quantitative estimate of drug-likeness (QED) is 0.599. The van der Waals surface area contributed by atoms with E-state index in [0.29, 0.717) is 5.92 Å². The summed E-state index contributed by atoms with van der Waals surface area (Å²) in [5, 5.41) is 10.9. The fraction of sp³-hybridized carbons (Fsp3) is 0.909. The van der Waals surface area contributed by atoms with E-state index in [4.69, 9.17) is 5.26 Å². The van der Waals surface area contributed by atoms with Crippen LogP contribution < -0.4 is 0 Å². The van der Waals surface area contributed by atoms with Crippen molar-refractivity contribution in [1.82, 2.24) is 0 Å². The minimum Gasteiger partial charge on any atom is -0.185 e. The van der Waals surface area contributed by atoms with E-state index in [1.54, 1.807) is 0 Å². The normalized spacial score (nSPS) is 13.8. The summed E-state index contributed by atoms with van der Waals surface area (Å²) in [6.45, 7) is 8.81. The van der Waals surface area contributed by atoms with E-state index in [0.717, 1.165) is 0 Å². The number of hydrogen-bond donors (Lipinski definition) is 0. The zero-order valence-electron chi connectivity index (χ0n) is 9.26. The van der Waals surface area contributed by atoms with E-state index in [1.165, 1.54) is 37.4 Å². The van der Waals surface area contributed by atoms with Crippen LogP contribution in [0.5, 0.6) is 0 Å². The maximum Gasteiger partial charge on any atom is 0.133 e. The predicted octanol–water partition coefficient (Wildman–Crippen LogP) is 4.20. The first-order chi connectivity index (χ1) is 6.08. The third-order valence-corrected chi connectivity index (χ3v) is 3.64. The minimum absolute atomic E-state index is 0.124. The Morgan fingerprint density at radius 1 is 1.38 bits per heavy atom. The molecule has 0 saturated heterocycles. The van der Waals surface area contributed by atoms with Crippen LogP contribution in [0.15, 0.2) is 0 Å². The van der Waals surface area contributed by atoms with E-state index >= 15 is 0 Å². The number of nitriles is 1. The average Bonchev–Trinajstić information content (AvgIpc) is 2.05. The van der Waals surface area contributed by atoms with Crippen LogP contribution in [0.4, 0.5) is 0 Å². The Bertz CT molecular complexity index is 169. The second kappa shape index (κ2) is 6.32. The summed E-state index contributed by atoms with van der Waals surface area (Å²) in [5.41, 5.74) is 0. The van der Waals surface area contributed by atoms with Gasteiger partial charge in [-0.25, -0.2) is 0 Å². The van der Waals surface area contributed by atoms with E-state index in [-0.39, 0.29) is 4.75 Å². The lowest BCUT2D eigenvalue weighted by Crippen LogP contribution is -2.26. The van der Waals surface area contributed by atoms with Crippen molar-refractivity contribution in [2.45, 2.75) is 58.1 Å². The Hall–Kier alpha value is -0.160. The van der Waals surface area contributed by atoms with Crippen molar-refractivity contribution in [2.24, 2.45) is 5.92 Å². The van der Waals surface area contributed by atoms with Gasteiger partial charge in [-0.3, -0.25) is 0 Å². The first kappa shape index (κ1) is 12.8. The highest BCUT2D eigenvalue weighted by Crippen LogP contribution is 2.36. The highest BCUT2D eigenvalue weighted by Gasteiger charge is 2.28. The van der Waals surface area contributed by atoms with Crippen molar-refractivity contribution >= 4 is 11.8 Å². The summed E-state index contributed by atoms with van der Waals surface area (Å²) in [7, 11) is 0. The molecule has 0 aliphatic heterocycles. The lowest BCUT2D eigenvalue weighted by Gasteiger charge is -2.30. The van der Waals surface area contributed by atoms with E-state index in [1.807, 2.05) is 0 Å². The van der Waals surface area contributed by atoms with Crippen LogP contribution in [0.1, 0.15) is 53.4 Å². The van der Waals surface area contributed by atoms with Gasteiger partial charge < -0.3 is 0 Å². The van der Waals surface area contributed by atoms with Crippen LogP contribution in [-0.2, 0) is 0 Å². The van der Waals surface area contributed by atoms with Crippen molar-refractivity contribution < 1.29 is 0 Å². The summed E-state index contributed by atoms with van der Waals surface area (Å²) in [6.07, 6.45) is 4.98. The Labute approximate surface area is 86.9 Å². The smallest absolute Gasteiger partial charge is 0.133 e. The maximum atomic E-state index is 8.68. The van der Waals surface area contributed by atoms with Gasteiger partial charge in [-0.15, -0.1) is 0 Å². The minimum atomic E-state index is 0.124. The molecule has 76 valence electrons. The summed E-state index contributed by atoms with van der Waals surface area (Å²) in [4.78, 5) is 0. The Morgan fingerprint density at radius 3 is 2.38 bits per heavy atom. The monoisotopic (exact) mass is 199 g/mol. The molecule has 0 N–H and O–H groups in total. The average molecular weight is 199 g/mol. The molecule has 0 radical (unpaired) electrons. The molecule has 0 saturated carbocycles. The molecule has 0 heterocycles. The number of thiocyanates is 1. The van der Waals surface area contributed by atoms with Gasteiger partial charge in [0.15, 0.2) is 0 Å². The zero-order valence-corrected chi connectivity index (χ0v) is 10.1. The van der Waals surface area contributed by atoms with Crippen LogP contribution in [-0.4, -0.2) is 4.75 Å². The first-order valence-corrected chi connectivity index (χ1v) is 5.97. The number of unbranched alkanes of at least 4 members (excludes halogenated alkanes) is 1. The van der Waals surface area contributed by atoms with Crippen LogP contribution >= 0.6 is 11.8 Å². The first-order valence-electron chi connectivity index (χ1n) is 5.15. The number of thioether (sulfide) groups is 1. The lowest BCUT2D eigenvalue weighted by molar-refractivity contribution is 0.373. The second-order valence-corrected chi connectivity index (χ2v) is 5.48. The fourth-order valence-electron chi connectivity index (χ4n) is 1.69. The van der Waals surface area contributed by atoms with Crippen molar-refractivity contribution in [3.63, 3.8) is 0 Å². The molecule has 0 fully saturated rings. The summed E-state index contributed by atoms with van der Waals surface area (Å²) >= 11 is 1.42. The molecule has 1 unspecified atom stereocenters. The summed E-state index contributed by atoms with van der Waals surface area (Å²) in [6, 6.07) is 0. The number of hydrogen-bond acceptors (Lipinski definition) is 2. The molecule has 0 aromatic carbocycles. The molecule has 0 aliphatic carbocycles. The second-order valence-electron chi connectivity index (χ2n) is 4.04. The third kappa shape index (κ3) is 4.57. The van der Waals surface area contributed by atoms with Crippen LogP contribution in [0.3, 0.4) is 0 Å². The van der Waals surface area contributed by atoms with Gasteiger partial charge in [-0.1, -0.05) is 33.1 Å². The zero-order chi connectivity index (χ0) is 10.3. The molecule has 13 heavy (non-hydrogen) atoms. The largest absolute Gasteiger partial charge is 0.185 e. The van der Waals surface area contributed by atoms with Gasteiger partial charge >= 0.3 is 0 Å². The molecule has 0 bridgehead atoms. The summed E-state index contributed by atoms with van der Waals surface area (Å²) < 4.78 is 0.124.